The number of ether oxygens (including phenoxy) is 2. The third kappa shape index (κ3) is 2.54. The van der Waals surface area contributed by atoms with E-state index in [2.05, 4.69) is 0 Å². The van der Waals surface area contributed by atoms with E-state index in [4.69, 9.17) is 14.3 Å². The number of esters is 2. The molecule has 0 radical (unpaired) electrons. The van der Waals surface area contributed by atoms with Crippen LogP contribution in [0.5, 0.6) is 0 Å². The summed E-state index contributed by atoms with van der Waals surface area (Å²) in [5, 5.41) is 1.56. The highest BCUT2D eigenvalue weighted by Gasteiger charge is 2.48. The zero-order valence-corrected chi connectivity index (χ0v) is 10.5. The molecule has 18 heavy (non-hydrogen) atoms. The molecule has 1 heterocycles. The molecule has 100 valence electrons. The Bertz CT molecular complexity index is 367. The van der Waals surface area contributed by atoms with Gasteiger partial charge >= 0.3 is 11.9 Å². The largest absolute Gasteiger partial charge is 0.468 e. The first-order valence-corrected chi connectivity index (χ1v) is 5.94. The van der Waals surface area contributed by atoms with Gasteiger partial charge in [0.1, 0.15) is 18.8 Å². The van der Waals surface area contributed by atoms with Crippen LogP contribution in [-0.4, -0.2) is 49.4 Å². The molecule has 1 aliphatic carbocycles. The van der Waals surface area contributed by atoms with Crippen LogP contribution in [0.3, 0.4) is 0 Å². The molecule has 1 fully saturated rings. The maximum atomic E-state index is 11.8. The van der Waals surface area contributed by atoms with Gasteiger partial charge in [-0.25, -0.2) is 0 Å². The van der Waals surface area contributed by atoms with Crippen molar-refractivity contribution < 1.29 is 23.9 Å². The molecule has 3 atom stereocenters. The molecule has 0 unspecified atom stereocenters. The van der Waals surface area contributed by atoms with Crippen LogP contribution in [0.1, 0.15) is 13.3 Å². The molecule has 0 bridgehead atoms. The molecule has 2 rings (SSSR count). The van der Waals surface area contributed by atoms with Gasteiger partial charge in [0.25, 0.3) is 0 Å². The molecule has 6 heteroatoms. The van der Waals surface area contributed by atoms with Crippen molar-refractivity contribution in [3.8, 4) is 0 Å². The third-order valence-corrected chi connectivity index (χ3v) is 3.19. The Labute approximate surface area is 105 Å². The molecule has 0 amide bonds. The number of rotatable bonds is 4. The molecule has 0 N–H and O–H groups in total. The number of hydrogen-bond donors (Lipinski definition) is 0. The van der Waals surface area contributed by atoms with Gasteiger partial charge in [0.2, 0.25) is 0 Å². The van der Waals surface area contributed by atoms with E-state index in [1.165, 1.54) is 14.0 Å². The zero-order chi connectivity index (χ0) is 13.1. The van der Waals surface area contributed by atoms with Crippen LogP contribution in [0, 0.1) is 5.92 Å². The average molecular weight is 255 g/mol. The Morgan fingerprint density at radius 1 is 1.50 bits per heavy atom. The highest BCUT2D eigenvalue weighted by molar-refractivity contribution is 5.76. The zero-order valence-electron chi connectivity index (χ0n) is 10.5. The lowest BCUT2D eigenvalue weighted by molar-refractivity contribution is -0.180. The smallest absolute Gasteiger partial charge is 0.325 e. The molecule has 0 aromatic heterocycles. The summed E-state index contributed by atoms with van der Waals surface area (Å²) in [6.07, 6.45) is 4.68. The normalized spacial score (nSPS) is 30.2. The highest BCUT2D eigenvalue weighted by Crippen LogP contribution is 2.35. The lowest BCUT2D eigenvalue weighted by Crippen LogP contribution is -2.41. The van der Waals surface area contributed by atoms with E-state index in [0.29, 0.717) is 6.54 Å². The molecule has 0 spiro atoms. The number of nitrogens with zero attached hydrogens (tertiary/aromatic N) is 1. The van der Waals surface area contributed by atoms with Crippen molar-refractivity contribution in [3.05, 3.63) is 12.2 Å². The Kier molecular flexibility index (Phi) is 3.98. The van der Waals surface area contributed by atoms with Crippen molar-refractivity contribution in [1.29, 1.82) is 0 Å². The molecule has 2 aliphatic rings. The second-order valence-corrected chi connectivity index (χ2v) is 4.35. The van der Waals surface area contributed by atoms with Gasteiger partial charge in [0, 0.05) is 12.8 Å². The number of carbonyl (C=O) groups excluding carboxylic acids is 2. The summed E-state index contributed by atoms with van der Waals surface area (Å²) in [5.41, 5.74) is 0. The van der Waals surface area contributed by atoms with Crippen LogP contribution in [-0.2, 0) is 23.9 Å². The molecular weight excluding hydrogens is 238 g/mol. The van der Waals surface area contributed by atoms with Gasteiger partial charge in [-0.05, 0) is 6.42 Å². The lowest BCUT2D eigenvalue weighted by atomic mass is 9.96. The Morgan fingerprint density at radius 3 is 2.94 bits per heavy atom. The molecule has 0 aromatic carbocycles. The van der Waals surface area contributed by atoms with Crippen molar-refractivity contribution in [2.45, 2.75) is 25.5 Å². The highest BCUT2D eigenvalue weighted by atomic mass is 16.7. The molecule has 1 saturated heterocycles. The van der Waals surface area contributed by atoms with Crippen LogP contribution in [0.25, 0.3) is 0 Å². The molecule has 1 aliphatic heterocycles. The second-order valence-electron chi connectivity index (χ2n) is 4.35. The maximum absolute atomic E-state index is 11.8. The molecule has 6 nitrogen and oxygen atoms in total. The van der Waals surface area contributed by atoms with E-state index < -0.39 is 6.04 Å². The summed E-state index contributed by atoms with van der Waals surface area (Å²) < 4.78 is 9.66. The summed E-state index contributed by atoms with van der Waals surface area (Å²) in [6, 6.07) is -0.425. The number of carbonyl (C=O) groups is 2. The van der Waals surface area contributed by atoms with E-state index in [0.717, 1.165) is 6.42 Å². The first-order valence-electron chi connectivity index (χ1n) is 5.94. The molecule has 0 saturated carbocycles. The Hall–Kier alpha value is -1.40. The van der Waals surface area contributed by atoms with Crippen LogP contribution in [0.2, 0.25) is 0 Å². The Morgan fingerprint density at radius 2 is 2.28 bits per heavy atom. The molecule has 0 aromatic rings. The topological polar surface area (TPSA) is 65.1 Å². The van der Waals surface area contributed by atoms with Crippen molar-refractivity contribution in [1.82, 2.24) is 5.06 Å². The van der Waals surface area contributed by atoms with Crippen molar-refractivity contribution >= 4 is 11.9 Å². The van der Waals surface area contributed by atoms with Crippen molar-refractivity contribution in [2.75, 3.05) is 20.3 Å². The predicted molar refractivity (Wildman–Crippen MR) is 61.3 cm³/mol. The number of fused-ring (bicyclic) bond motifs is 1. The summed E-state index contributed by atoms with van der Waals surface area (Å²) in [6.45, 7) is 1.91. The van der Waals surface area contributed by atoms with E-state index in [-0.39, 0.29) is 30.6 Å². The minimum Gasteiger partial charge on any atom is -0.468 e. The lowest BCUT2D eigenvalue weighted by Gasteiger charge is -2.22. The van der Waals surface area contributed by atoms with Gasteiger partial charge in [0.15, 0.2) is 0 Å². The fraction of sp³-hybridized carbons (Fsp3) is 0.667. The average Bonchev–Trinajstić information content (AvgIpc) is 2.87. The molecular formula is C12H17NO5. The van der Waals surface area contributed by atoms with Crippen LogP contribution in [0.15, 0.2) is 12.2 Å². The van der Waals surface area contributed by atoms with E-state index in [1.54, 1.807) is 5.06 Å². The third-order valence-electron chi connectivity index (χ3n) is 3.19. The van der Waals surface area contributed by atoms with Gasteiger partial charge in [-0.15, -0.1) is 0 Å². The van der Waals surface area contributed by atoms with Crippen molar-refractivity contribution in [3.63, 3.8) is 0 Å². The van der Waals surface area contributed by atoms with Gasteiger partial charge < -0.3 is 9.47 Å². The summed E-state index contributed by atoms with van der Waals surface area (Å²) in [4.78, 5) is 28.1. The van der Waals surface area contributed by atoms with Crippen LogP contribution >= 0.6 is 0 Å². The number of hydrogen-bond acceptors (Lipinski definition) is 6. The minimum atomic E-state index is -0.425. The van der Waals surface area contributed by atoms with Gasteiger partial charge in [-0.1, -0.05) is 12.2 Å². The fourth-order valence-corrected chi connectivity index (χ4v) is 2.39. The van der Waals surface area contributed by atoms with Gasteiger partial charge in [-0.2, -0.15) is 5.06 Å². The summed E-state index contributed by atoms with van der Waals surface area (Å²) in [5.74, 6) is -0.562. The standard InChI is InChI=1S/C12H17NO5/c1-8(14)17-7-6-13-11(12(15)16-2)9-4-3-5-10(9)18-13/h3,5,9-11H,4,6-7H2,1-2H3/t9-,10+,11+/m0/s1. The Balaban J connectivity index is 1.97. The SMILES string of the molecule is COC(=O)[C@H]1[C@H]2CC=C[C@H]2ON1CCOC(C)=O. The van der Waals surface area contributed by atoms with Gasteiger partial charge in [0.05, 0.1) is 13.7 Å². The predicted octanol–water partition coefficient (Wildman–Crippen LogP) is 0.283. The van der Waals surface area contributed by atoms with Crippen LogP contribution in [0.4, 0.5) is 0 Å². The summed E-state index contributed by atoms with van der Waals surface area (Å²) >= 11 is 0. The van der Waals surface area contributed by atoms with Crippen molar-refractivity contribution in [2.24, 2.45) is 5.92 Å². The van der Waals surface area contributed by atoms with Crippen LogP contribution < -0.4 is 0 Å². The fourth-order valence-electron chi connectivity index (χ4n) is 2.39. The monoisotopic (exact) mass is 255 g/mol. The summed E-state index contributed by atoms with van der Waals surface area (Å²) in [7, 11) is 1.36. The van der Waals surface area contributed by atoms with Gasteiger partial charge in [-0.3, -0.25) is 14.4 Å². The minimum absolute atomic E-state index is 0.0774. The number of hydroxylamine groups is 2. The first-order chi connectivity index (χ1) is 8.63. The maximum Gasteiger partial charge on any atom is 0.325 e. The van der Waals surface area contributed by atoms with E-state index in [1.807, 2.05) is 12.2 Å². The first kappa shape index (κ1) is 13.0. The van der Waals surface area contributed by atoms with E-state index in [9.17, 15) is 9.59 Å². The quantitative estimate of drug-likeness (QED) is 0.531. The van der Waals surface area contributed by atoms with E-state index >= 15 is 0 Å². The second kappa shape index (κ2) is 5.49. The number of methoxy groups -OCH3 is 1. The number of allylic oxidation sites excluding steroid dienone is 1.